The number of aryl methyl sites for hydroxylation is 2. The standard InChI is InChI=1S/C17H21N3O/c1-13(20-10-4-9-19-20)17(21)18-12-14-7-8-15-5-2-3-6-16(15)11-14/h4,7-11,13H,2-3,5-6,12H2,1H3,(H,18,21). The number of hydrogen-bond donors (Lipinski definition) is 1. The Morgan fingerprint density at radius 1 is 1.33 bits per heavy atom. The van der Waals surface area contributed by atoms with Crippen molar-refractivity contribution in [2.45, 2.75) is 45.2 Å². The van der Waals surface area contributed by atoms with E-state index in [1.54, 1.807) is 10.9 Å². The summed E-state index contributed by atoms with van der Waals surface area (Å²) in [4.78, 5) is 12.1. The van der Waals surface area contributed by atoms with Crippen LogP contribution in [-0.2, 0) is 24.2 Å². The van der Waals surface area contributed by atoms with Gasteiger partial charge in [0.05, 0.1) is 0 Å². The summed E-state index contributed by atoms with van der Waals surface area (Å²) in [6.45, 7) is 2.44. The van der Waals surface area contributed by atoms with Crippen molar-refractivity contribution in [3.8, 4) is 0 Å². The summed E-state index contributed by atoms with van der Waals surface area (Å²) >= 11 is 0. The van der Waals surface area contributed by atoms with Gasteiger partial charge >= 0.3 is 0 Å². The zero-order chi connectivity index (χ0) is 14.7. The Balaban J connectivity index is 1.61. The fourth-order valence-electron chi connectivity index (χ4n) is 2.86. The highest BCUT2D eigenvalue weighted by Crippen LogP contribution is 2.22. The number of nitrogens with one attached hydrogen (secondary N) is 1. The van der Waals surface area contributed by atoms with Crippen molar-refractivity contribution < 1.29 is 4.79 Å². The molecule has 0 bridgehead atoms. The van der Waals surface area contributed by atoms with Crippen molar-refractivity contribution in [3.05, 3.63) is 53.3 Å². The fraction of sp³-hybridized carbons (Fsp3) is 0.412. The molecular formula is C17H21N3O. The molecule has 110 valence electrons. The van der Waals surface area contributed by atoms with Crippen molar-refractivity contribution in [1.82, 2.24) is 15.1 Å². The highest BCUT2D eigenvalue weighted by Gasteiger charge is 2.15. The second-order valence-corrected chi connectivity index (χ2v) is 5.69. The Morgan fingerprint density at radius 2 is 2.14 bits per heavy atom. The quantitative estimate of drug-likeness (QED) is 0.937. The predicted octanol–water partition coefficient (Wildman–Crippen LogP) is 2.64. The number of aromatic nitrogens is 2. The van der Waals surface area contributed by atoms with E-state index in [1.165, 1.54) is 42.4 Å². The molecule has 1 atom stereocenters. The summed E-state index contributed by atoms with van der Waals surface area (Å²) in [5.74, 6) is -0.00331. The van der Waals surface area contributed by atoms with E-state index >= 15 is 0 Å². The summed E-state index contributed by atoms with van der Waals surface area (Å²) in [6.07, 6.45) is 8.43. The Morgan fingerprint density at radius 3 is 2.90 bits per heavy atom. The predicted molar refractivity (Wildman–Crippen MR) is 81.9 cm³/mol. The average molecular weight is 283 g/mol. The second kappa shape index (κ2) is 6.12. The number of hydrogen-bond acceptors (Lipinski definition) is 2. The molecule has 1 aromatic heterocycles. The molecule has 0 saturated carbocycles. The molecule has 0 aliphatic heterocycles. The van der Waals surface area contributed by atoms with Crippen molar-refractivity contribution in [1.29, 1.82) is 0 Å². The Bertz CT molecular complexity index is 619. The van der Waals surface area contributed by atoms with Crippen LogP contribution in [0.2, 0.25) is 0 Å². The van der Waals surface area contributed by atoms with Gasteiger partial charge in [0.2, 0.25) is 5.91 Å². The molecule has 1 N–H and O–H groups in total. The smallest absolute Gasteiger partial charge is 0.244 e. The first-order chi connectivity index (χ1) is 10.2. The molecule has 0 spiro atoms. The maximum atomic E-state index is 12.1. The van der Waals surface area contributed by atoms with E-state index < -0.39 is 0 Å². The van der Waals surface area contributed by atoms with Crippen LogP contribution < -0.4 is 5.32 Å². The van der Waals surface area contributed by atoms with Gasteiger partial charge in [0.1, 0.15) is 6.04 Å². The van der Waals surface area contributed by atoms with Crippen molar-refractivity contribution >= 4 is 5.91 Å². The van der Waals surface area contributed by atoms with E-state index in [9.17, 15) is 4.79 Å². The number of rotatable bonds is 4. The van der Waals surface area contributed by atoms with E-state index in [4.69, 9.17) is 0 Å². The van der Waals surface area contributed by atoms with Gasteiger partial charge in [-0.1, -0.05) is 18.2 Å². The minimum Gasteiger partial charge on any atom is -0.350 e. The summed E-state index contributed by atoms with van der Waals surface area (Å²) in [5, 5.41) is 7.10. The van der Waals surface area contributed by atoms with E-state index in [0.717, 1.165) is 0 Å². The first kappa shape index (κ1) is 13.9. The molecule has 1 aliphatic carbocycles. The molecular weight excluding hydrogens is 262 g/mol. The summed E-state index contributed by atoms with van der Waals surface area (Å²) in [6, 6.07) is 8.13. The van der Waals surface area contributed by atoms with Gasteiger partial charge in [-0.25, -0.2) is 0 Å². The van der Waals surface area contributed by atoms with Gasteiger partial charge in [-0.2, -0.15) is 5.10 Å². The van der Waals surface area contributed by atoms with Gasteiger partial charge in [0.25, 0.3) is 0 Å². The lowest BCUT2D eigenvalue weighted by Crippen LogP contribution is -2.30. The van der Waals surface area contributed by atoms with Gasteiger partial charge in [0, 0.05) is 18.9 Å². The molecule has 4 nitrogen and oxygen atoms in total. The average Bonchev–Trinajstić information content (AvgIpc) is 3.06. The van der Waals surface area contributed by atoms with Crippen molar-refractivity contribution in [2.75, 3.05) is 0 Å². The summed E-state index contributed by atoms with van der Waals surface area (Å²) in [7, 11) is 0. The third kappa shape index (κ3) is 3.15. The number of fused-ring (bicyclic) bond motifs is 1. The lowest BCUT2D eigenvalue weighted by atomic mass is 9.90. The first-order valence-electron chi connectivity index (χ1n) is 7.61. The topological polar surface area (TPSA) is 46.9 Å². The van der Waals surface area contributed by atoms with Gasteiger partial charge in [-0.05, 0) is 55.4 Å². The second-order valence-electron chi connectivity index (χ2n) is 5.69. The molecule has 4 heteroatoms. The fourth-order valence-corrected chi connectivity index (χ4v) is 2.86. The van der Waals surface area contributed by atoms with Crippen LogP contribution in [0.15, 0.2) is 36.7 Å². The van der Waals surface area contributed by atoms with E-state index in [1.807, 2.05) is 19.2 Å². The van der Waals surface area contributed by atoms with Crippen molar-refractivity contribution in [2.24, 2.45) is 0 Å². The largest absolute Gasteiger partial charge is 0.350 e. The maximum absolute atomic E-state index is 12.1. The molecule has 0 fully saturated rings. The molecule has 1 heterocycles. The van der Waals surface area contributed by atoms with Crippen LogP contribution in [0.25, 0.3) is 0 Å². The molecule has 1 amide bonds. The van der Waals surface area contributed by atoms with E-state index in [2.05, 4.69) is 28.6 Å². The van der Waals surface area contributed by atoms with Gasteiger partial charge in [0.15, 0.2) is 0 Å². The van der Waals surface area contributed by atoms with Gasteiger partial charge < -0.3 is 5.32 Å². The normalized spacial score (nSPS) is 15.3. The molecule has 1 aromatic carbocycles. The third-order valence-electron chi connectivity index (χ3n) is 4.18. The number of carbonyl (C=O) groups is 1. The summed E-state index contributed by atoms with van der Waals surface area (Å²) < 4.78 is 1.67. The van der Waals surface area contributed by atoms with Crippen LogP contribution in [0, 0.1) is 0 Å². The molecule has 2 aromatic rings. The molecule has 3 rings (SSSR count). The number of benzene rings is 1. The lowest BCUT2D eigenvalue weighted by Gasteiger charge is -2.17. The number of carbonyl (C=O) groups excluding carboxylic acids is 1. The SMILES string of the molecule is CC(C(=O)NCc1ccc2c(c1)CCCC2)n1cccn1. The minimum absolute atomic E-state index is 0.00331. The van der Waals surface area contributed by atoms with Gasteiger partial charge in [-0.3, -0.25) is 9.48 Å². The van der Waals surface area contributed by atoms with Crippen LogP contribution >= 0.6 is 0 Å². The Hall–Kier alpha value is -2.10. The maximum Gasteiger partial charge on any atom is 0.244 e. The van der Waals surface area contributed by atoms with Crippen molar-refractivity contribution in [3.63, 3.8) is 0 Å². The monoisotopic (exact) mass is 283 g/mol. The van der Waals surface area contributed by atoms with Crippen LogP contribution in [0.1, 0.15) is 42.5 Å². The lowest BCUT2D eigenvalue weighted by molar-refractivity contribution is -0.124. The van der Waals surface area contributed by atoms with Crippen LogP contribution in [-0.4, -0.2) is 15.7 Å². The van der Waals surface area contributed by atoms with Crippen LogP contribution in [0.4, 0.5) is 0 Å². The Kier molecular flexibility index (Phi) is 4.04. The molecule has 1 unspecified atom stereocenters. The zero-order valence-corrected chi connectivity index (χ0v) is 12.4. The first-order valence-corrected chi connectivity index (χ1v) is 7.61. The highest BCUT2D eigenvalue weighted by atomic mass is 16.2. The zero-order valence-electron chi connectivity index (χ0n) is 12.4. The van der Waals surface area contributed by atoms with Crippen LogP contribution in [0.3, 0.4) is 0 Å². The molecule has 0 radical (unpaired) electrons. The van der Waals surface area contributed by atoms with Gasteiger partial charge in [-0.15, -0.1) is 0 Å². The Labute approximate surface area is 125 Å². The van der Waals surface area contributed by atoms with E-state index in [0.29, 0.717) is 6.54 Å². The molecule has 1 aliphatic rings. The van der Waals surface area contributed by atoms with E-state index in [-0.39, 0.29) is 11.9 Å². The minimum atomic E-state index is -0.280. The third-order valence-corrected chi connectivity index (χ3v) is 4.18. The molecule has 21 heavy (non-hydrogen) atoms. The summed E-state index contributed by atoms with van der Waals surface area (Å²) in [5.41, 5.74) is 4.10. The number of amides is 1. The van der Waals surface area contributed by atoms with Crippen LogP contribution in [0.5, 0.6) is 0 Å². The molecule has 0 saturated heterocycles. The number of nitrogens with zero attached hydrogens (tertiary/aromatic N) is 2. The highest BCUT2D eigenvalue weighted by molar-refractivity contribution is 5.79.